The number of morpholine rings is 1. The highest BCUT2D eigenvalue weighted by Gasteiger charge is 2.33. The maximum absolute atomic E-state index is 12.4. The average molecular weight is 314 g/mol. The molecule has 1 saturated heterocycles. The number of hydrogen-bond acceptors (Lipinski definition) is 6. The SMILES string of the molecule is COC(=O)C1CN(S(=O)(=O)Cc2ccccc2N)CCO1. The predicted octanol–water partition coefficient (Wildman–Crippen LogP) is -0.0276. The molecule has 0 bridgehead atoms. The zero-order valence-electron chi connectivity index (χ0n) is 11.7. The Bertz CT molecular complexity index is 617. The topological polar surface area (TPSA) is 98.9 Å². The summed E-state index contributed by atoms with van der Waals surface area (Å²) in [6, 6.07) is 6.80. The number of rotatable bonds is 4. The minimum absolute atomic E-state index is 0.0399. The number of nitrogen functional groups attached to an aromatic ring is 1. The summed E-state index contributed by atoms with van der Waals surface area (Å²) in [4.78, 5) is 11.5. The van der Waals surface area contributed by atoms with E-state index in [9.17, 15) is 13.2 Å². The van der Waals surface area contributed by atoms with E-state index in [1.807, 2.05) is 0 Å². The normalized spacial score (nSPS) is 20.1. The summed E-state index contributed by atoms with van der Waals surface area (Å²) in [6.07, 6.45) is -0.883. The number of anilines is 1. The average Bonchev–Trinajstić information content (AvgIpc) is 2.49. The molecule has 1 unspecified atom stereocenters. The Morgan fingerprint density at radius 3 is 2.86 bits per heavy atom. The van der Waals surface area contributed by atoms with E-state index in [0.29, 0.717) is 11.3 Å². The number of benzene rings is 1. The monoisotopic (exact) mass is 314 g/mol. The van der Waals surface area contributed by atoms with Gasteiger partial charge >= 0.3 is 5.97 Å². The molecule has 0 saturated carbocycles. The summed E-state index contributed by atoms with van der Waals surface area (Å²) < 4.78 is 35.9. The summed E-state index contributed by atoms with van der Waals surface area (Å²) in [5.74, 6) is -0.776. The van der Waals surface area contributed by atoms with Crippen LogP contribution in [-0.2, 0) is 30.0 Å². The summed E-state index contributed by atoms with van der Waals surface area (Å²) >= 11 is 0. The number of nitrogens with zero attached hydrogens (tertiary/aromatic N) is 1. The van der Waals surface area contributed by atoms with E-state index in [0.717, 1.165) is 0 Å². The molecular weight excluding hydrogens is 296 g/mol. The van der Waals surface area contributed by atoms with Crippen molar-refractivity contribution in [1.82, 2.24) is 4.31 Å². The summed E-state index contributed by atoms with van der Waals surface area (Å²) in [6.45, 7) is 0.327. The zero-order chi connectivity index (χ0) is 15.5. The smallest absolute Gasteiger partial charge is 0.336 e. The van der Waals surface area contributed by atoms with Crippen LogP contribution in [0.5, 0.6) is 0 Å². The number of ether oxygens (including phenoxy) is 2. The van der Waals surface area contributed by atoms with E-state index in [4.69, 9.17) is 10.5 Å². The second kappa shape index (κ2) is 6.42. The van der Waals surface area contributed by atoms with Crippen LogP contribution in [0.2, 0.25) is 0 Å². The van der Waals surface area contributed by atoms with Gasteiger partial charge in [0.2, 0.25) is 10.0 Å². The van der Waals surface area contributed by atoms with Crippen LogP contribution in [0, 0.1) is 0 Å². The van der Waals surface area contributed by atoms with Gasteiger partial charge in [-0.1, -0.05) is 18.2 Å². The van der Waals surface area contributed by atoms with Gasteiger partial charge in [0, 0.05) is 12.2 Å². The van der Waals surface area contributed by atoms with Gasteiger partial charge in [-0.2, -0.15) is 4.31 Å². The first kappa shape index (κ1) is 15.7. The first-order chi connectivity index (χ1) is 9.94. The van der Waals surface area contributed by atoms with Crippen LogP contribution in [0.4, 0.5) is 5.69 Å². The van der Waals surface area contributed by atoms with Crippen molar-refractivity contribution in [3.8, 4) is 0 Å². The molecule has 1 aromatic carbocycles. The molecule has 1 aliphatic rings. The molecule has 0 amide bonds. The highest BCUT2D eigenvalue weighted by Crippen LogP contribution is 2.19. The lowest BCUT2D eigenvalue weighted by Gasteiger charge is -2.30. The Kier molecular flexibility index (Phi) is 4.81. The lowest BCUT2D eigenvalue weighted by molar-refractivity contribution is -0.157. The highest BCUT2D eigenvalue weighted by atomic mass is 32.2. The summed E-state index contributed by atoms with van der Waals surface area (Å²) in [7, 11) is -2.33. The fraction of sp³-hybridized carbons (Fsp3) is 0.462. The van der Waals surface area contributed by atoms with Crippen molar-refractivity contribution in [2.24, 2.45) is 0 Å². The third-order valence-corrected chi connectivity index (χ3v) is 5.07. The van der Waals surface area contributed by atoms with Crippen molar-refractivity contribution < 1.29 is 22.7 Å². The largest absolute Gasteiger partial charge is 0.467 e. The van der Waals surface area contributed by atoms with Gasteiger partial charge in [-0.25, -0.2) is 13.2 Å². The van der Waals surface area contributed by atoms with Gasteiger partial charge in [0.05, 0.1) is 26.0 Å². The van der Waals surface area contributed by atoms with Gasteiger partial charge in [-0.3, -0.25) is 0 Å². The van der Waals surface area contributed by atoms with E-state index >= 15 is 0 Å². The molecule has 1 heterocycles. The molecule has 0 spiro atoms. The maximum atomic E-state index is 12.4. The van der Waals surface area contributed by atoms with E-state index in [-0.39, 0.29) is 25.4 Å². The number of sulfonamides is 1. The number of nitrogens with two attached hydrogens (primary N) is 1. The van der Waals surface area contributed by atoms with Crippen molar-refractivity contribution in [3.63, 3.8) is 0 Å². The molecule has 116 valence electrons. The third-order valence-electron chi connectivity index (χ3n) is 3.28. The number of carbonyl (C=O) groups is 1. The van der Waals surface area contributed by atoms with Crippen LogP contribution in [0.3, 0.4) is 0 Å². The second-order valence-electron chi connectivity index (χ2n) is 4.70. The molecule has 1 aromatic rings. The highest BCUT2D eigenvalue weighted by molar-refractivity contribution is 7.88. The van der Waals surface area contributed by atoms with Gasteiger partial charge < -0.3 is 15.2 Å². The van der Waals surface area contributed by atoms with Gasteiger partial charge in [-0.05, 0) is 11.6 Å². The maximum Gasteiger partial charge on any atom is 0.336 e. The molecule has 1 fully saturated rings. The molecule has 2 N–H and O–H groups in total. The lowest BCUT2D eigenvalue weighted by Crippen LogP contribution is -2.49. The predicted molar refractivity (Wildman–Crippen MR) is 76.8 cm³/mol. The molecule has 0 aromatic heterocycles. The summed E-state index contributed by atoms with van der Waals surface area (Å²) in [5.41, 5.74) is 6.74. The first-order valence-electron chi connectivity index (χ1n) is 6.44. The van der Waals surface area contributed by atoms with Gasteiger partial charge in [0.15, 0.2) is 6.10 Å². The van der Waals surface area contributed by atoms with E-state index < -0.39 is 22.1 Å². The number of para-hydroxylation sites is 1. The number of carbonyl (C=O) groups excluding carboxylic acids is 1. The number of hydrogen-bond donors (Lipinski definition) is 1. The van der Waals surface area contributed by atoms with Crippen LogP contribution in [0.1, 0.15) is 5.56 Å². The Labute approximate surface area is 123 Å². The van der Waals surface area contributed by atoms with Crippen LogP contribution >= 0.6 is 0 Å². The molecule has 1 atom stereocenters. The molecule has 0 aliphatic carbocycles. The Morgan fingerprint density at radius 2 is 2.19 bits per heavy atom. The lowest BCUT2D eigenvalue weighted by atomic mass is 10.2. The van der Waals surface area contributed by atoms with Crippen LogP contribution < -0.4 is 5.73 Å². The first-order valence-corrected chi connectivity index (χ1v) is 8.05. The third kappa shape index (κ3) is 3.72. The van der Waals surface area contributed by atoms with Gasteiger partial charge in [-0.15, -0.1) is 0 Å². The van der Waals surface area contributed by atoms with Gasteiger partial charge in [0.1, 0.15) is 0 Å². The quantitative estimate of drug-likeness (QED) is 0.619. The van der Waals surface area contributed by atoms with Gasteiger partial charge in [0.25, 0.3) is 0 Å². The van der Waals surface area contributed by atoms with E-state index in [1.54, 1.807) is 24.3 Å². The van der Waals surface area contributed by atoms with Crippen LogP contribution in [-0.4, -0.2) is 51.6 Å². The minimum atomic E-state index is -3.57. The van der Waals surface area contributed by atoms with Crippen molar-refractivity contribution in [1.29, 1.82) is 0 Å². The number of esters is 1. The Balaban J connectivity index is 2.12. The molecule has 0 radical (unpaired) electrons. The molecule has 1 aliphatic heterocycles. The summed E-state index contributed by atoms with van der Waals surface area (Å²) in [5, 5.41) is 0. The van der Waals surface area contributed by atoms with Crippen LogP contribution in [0.15, 0.2) is 24.3 Å². The van der Waals surface area contributed by atoms with Crippen molar-refractivity contribution in [2.45, 2.75) is 11.9 Å². The molecule has 8 heteroatoms. The molecular formula is C13H18N2O5S. The zero-order valence-corrected chi connectivity index (χ0v) is 12.5. The van der Waals surface area contributed by atoms with Crippen molar-refractivity contribution in [2.75, 3.05) is 32.5 Å². The van der Waals surface area contributed by atoms with E-state index in [2.05, 4.69) is 4.74 Å². The minimum Gasteiger partial charge on any atom is -0.467 e. The Hall–Kier alpha value is -1.64. The second-order valence-corrected chi connectivity index (χ2v) is 6.66. The fourth-order valence-electron chi connectivity index (χ4n) is 2.11. The Morgan fingerprint density at radius 1 is 1.48 bits per heavy atom. The number of methoxy groups -OCH3 is 1. The molecule has 21 heavy (non-hydrogen) atoms. The van der Waals surface area contributed by atoms with E-state index in [1.165, 1.54) is 11.4 Å². The fourth-order valence-corrected chi connectivity index (χ4v) is 3.66. The van der Waals surface area contributed by atoms with Crippen LogP contribution in [0.25, 0.3) is 0 Å². The standard InChI is InChI=1S/C13H18N2O5S/c1-19-13(16)12-8-15(6-7-20-12)21(17,18)9-10-4-2-3-5-11(10)14/h2-5,12H,6-9,14H2,1H3. The molecule has 7 nitrogen and oxygen atoms in total. The van der Waals surface area contributed by atoms with Crippen molar-refractivity contribution >= 4 is 21.7 Å². The molecule has 2 rings (SSSR count). The van der Waals surface area contributed by atoms with Crippen molar-refractivity contribution in [3.05, 3.63) is 29.8 Å².